The Kier molecular flexibility index (Phi) is 3.19. The van der Waals surface area contributed by atoms with Gasteiger partial charge in [-0.15, -0.1) is 5.10 Å². The monoisotopic (exact) mass is 261 g/mol. The molecule has 0 amide bonds. The van der Waals surface area contributed by atoms with Gasteiger partial charge >= 0.3 is 0 Å². The SMILES string of the molecule is CC1CC(Nc2ccccc2-n2cnnn2)CS1. The zero-order valence-corrected chi connectivity index (χ0v) is 11.0. The maximum absolute atomic E-state index is 3.95. The highest BCUT2D eigenvalue weighted by Gasteiger charge is 2.22. The van der Waals surface area contributed by atoms with Gasteiger partial charge < -0.3 is 5.32 Å². The summed E-state index contributed by atoms with van der Waals surface area (Å²) < 4.78 is 1.69. The lowest BCUT2D eigenvalue weighted by molar-refractivity contribution is 0.741. The van der Waals surface area contributed by atoms with Crippen LogP contribution in [0, 0.1) is 0 Å². The third-order valence-corrected chi connectivity index (χ3v) is 4.41. The Morgan fingerprint density at radius 3 is 3.00 bits per heavy atom. The number of thioether (sulfide) groups is 1. The van der Waals surface area contributed by atoms with Crippen LogP contribution in [0.3, 0.4) is 0 Å². The van der Waals surface area contributed by atoms with Gasteiger partial charge in [0.2, 0.25) is 0 Å². The summed E-state index contributed by atoms with van der Waals surface area (Å²) in [5.74, 6) is 1.16. The first-order chi connectivity index (χ1) is 8.83. The van der Waals surface area contributed by atoms with Crippen LogP contribution >= 0.6 is 11.8 Å². The Balaban J connectivity index is 1.84. The molecular weight excluding hydrogens is 246 g/mol. The highest BCUT2D eigenvalue weighted by Crippen LogP contribution is 2.29. The summed E-state index contributed by atoms with van der Waals surface area (Å²) in [6.45, 7) is 2.28. The summed E-state index contributed by atoms with van der Waals surface area (Å²) >= 11 is 2.02. The molecule has 6 heteroatoms. The molecule has 5 nitrogen and oxygen atoms in total. The summed E-state index contributed by atoms with van der Waals surface area (Å²) in [5.41, 5.74) is 2.08. The fourth-order valence-corrected chi connectivity index (χ4v) is 3.35. The van der Waals surface area contributed by atoms with Gasteiger partial charge in [0.15, 0.2) is 0 Å². The van der Waals surface area contributed by atoms with Crippen molar-refractivity contribution in [2.24, 2.45) is 0 Å². The average molecular weight is 261 g/mol. The van der Waals surface area contributed by atoms with E-state index in [1.807, 2.05) is 30.0 Å². The second kappa shape index (κ2) is 4.97. The van der Waals surface area contributed by atoms with Gasteiger partial charge in [-0.25, -0.2) is 0 Å². The van der Waals surface area contributed by atoms with Gasteiger partial charge in [-0.05, 0) is 29.0 Å². The lowest BCUT2D eigenvalue weighted by atomic mass is 10.1. The number of hydrogen-bond donors (Lipinski definition) is 1. The first-order valence-electron chi connectivity index (χ1n) is 6.03. The molecule has 18 heavy (non-hydrogen) atoms. The molecule has 0 aliphatic carbocycles. The van der Waals surface area contributed by atoms with E-state index in [-0.39, 0.29) is 0 Å². The first kappa shape index (κ1) is 11.5. The predicted octanol–water partition coefficient (Wildman–Crippen LogP) is 1.97. The minimum atomic E-state index is 0.530. The van der Waals surface area contributed by atoms with E-state index < -0.39 is 0 Å². The Morgan fingerprint density at radius 2 is 2.28 bits per heavy atom. The molecule has 0 saturated carbocycles. The van der Waals surface area contributed by atoms with E-state index in [2.05, 4.69) is 33.8 Å². The number of anilines is 1. The molecule has 0 radical (unpaired) electrons. The number of rotatable bonds is 3. The van der Waals surface area contributed by atoms with Crippen molar-refractivity contribution in [3.63, 3.8) is 0 Å². The molecule has 2 unspecified atom stereocenters. The van der Waals surface area contributed by atoms with Crippen LogP contribution in [0.5, 0.6) is 0 Å². The molecule has 0 spiro atoms. The maximum atomic E-state index is 3.95. The lowest BCUT2D eigenvalue weighted by Gasteiger charge is -2.16. The summed E-state index contributed by atoms with van der Waals surface area (Å²) in [7, 11) is 0. The normalized spacial score (nSPS) is 23.2. The second-order valence-electron chi connectivity index (χ2n) is 4.49. The van der Waals surface area contributed by atoms with Crippen LogP contribution in [0.1, 0.15) is 13.3 Å². The molecule has 1 aliphatic rings. The number of benzene rings is 1. The van der Waals surface area contributed by atoms with Crippen LogP contribution in [-0.4, -0.2) is 37.3 Å². The smallest absolute Gasteiger partial charge is 0.143 e. The van der Waals surface area contributed by atoms with E-state index in [0.717, 1.165) is 22.4 Å². The number of nitrogens with zero attached hydrogens (tertiary/aromatic N) is 4. The van der Waals surface area contributed by atoms with Crippen molar-refractivity contribution in [1.29, 1.82) is 0 Å². The van der Waals surface area contributed by atoms with Crippen molar-refractivity contribution in [2.45, 2.75) is 24.6 Å². The highest BCUT2D eigenvalue weighted by atomic mass is 32.2. The van der Waals surface area contributed by atoms with Gasteiger partial charge in [-0.2, -0.15) is 16.4 Å². The predicted molar refractivity (Wildman–Crippen MR) is 73.1 cm³/mol. The molecule has 2 heterocycles. The van der Waals surface area contributed by atoms with Crippen molar-refractivity contribution in [3.05, 3.63) is 30.6 Å². The Hall–Kier alpha value is -1.56. The summed E-state index contributed by atoms with van der Waals surface area (Å²) in [5, 5.41) is 15.6. The van der Waals surface area contributed by atoms with Crippen molar-refractivity contribution in [3.8, 4) is 5.69 Å². The van der Waals surface area contributed by atoms with E-state index in [4.69, 9.17) is 0 Å². The van der Waals surface area contributed by atoms with Crippen molar-refractivity contribution < 1.29 is 0 Å². The topological polar surface area (TPSA) is 55.6 Å². The third kappa shape index (κ3) is 2.33. The van der Waals surface area contributed by atoms with Gasteiger partial charge in [-0.3, -0.25) is 0 Å². The van der Waals surface area contributed by atoms with E-state index in [1.165, 1.54) is 6.42 Å². The Bertz CT molecular complexity index is 513. The minimum absolute atomic E-state index is 0.530. The molecule has 1 fully saturated rings. The van der Waals surface area contributed by atoms with E-state index >= 15 is 0 Å². The van der Waals surface area contributed by atoms with Gasteiger partial charge in [0.05, 0.1) is 11.4 Å². The maximum Gasteiger partial charge on any atom is 0.143 e. The van der Waals surface area contributed by atoms with Crippen LogP contribution in [0.25, 0.3) is 5.69 Å². The van der Waals surface area contributed by atoms with Crippen molar-refractivity contribution >= 4 is 17.4 Å². The third-order valence-electron chi connectivity index (χ3n) is 3.06. The summed E-state index contributed by atoms with van der Waals surface area (Å²) in [6.07, 6.45) is 2.82. The van der Waals surface area contributed by atoms with E-state index in [0.29, 0.717) is 6.04 Å². The Labute approximate surface area is 110 Å². The number of aromatic nitrogens is 4. The zero-order valence-electron chi connectivity index (χ0n) is 10.2. The van der Waals surface area contributed by atoms with E-state index in [1.54, 1.807) is 11.0 Å². The number of nitrogens with one attached hydrogen (secondary N) is 1. The van der Waals surface area contributed by atoms with Crippen LogP contribution in [-0.2, 0) is 0 Å². The van der Waals surface area contributed by atoms with Gasteiger partial charge in [0, 0.05) is 17.0 Å². The van der Waals surface area contributed by atoms with Crippen LogP contribution in [0.15, 0.2) is 30.6 Å². The fraction of sp³-hybridized carbons (Fsp3) is 0.417. The largest absolute Gasteiger partial charge is 0.380 e. The standard InChI is InChI=1S/C12H15N5S/c1-9-6-10(7-18-9)14-11-4-2-3-5-12(11)17-8-13-15-16-17/h2-5,8-10,14H,6-7H2,1H3. The molecule has 1 aliphatic heterocycles. The number of para-hydroxylation sites is 2. The van der Waals surface area contributed by atoms with Gasteiger partial charge in [-0.1, -0.05) is 19.1 Å². The lowest BCUT2D eigenvalue weighted by Crippen LogP contribution is -2.20. The van der Waals surface area contributed by atoms with Crippen LogP contribution in [0.4, 0.5) is 5.69 Å². The number of hydrogen-bond acceptors (Lipinski definition) is 5. The first-order valence-corrected chi connectivity index (χ1v) is 7.08. The quantitative estimate of drug-likeness (QED) is 0.915. The number of tetrazole rings is 1. The van der Waals surface area contributed by atoms with Gasteiger partial charge in [0.1, 0.15) is 6.33 Å². The van der Waals surface area contributed by atoms with Crippen LogP contribution in [0.2, 0.25) is 0 Å². The molecule has 1 saturated heterocycles. The molecule has 94 valence electrons. The zero-order chi connectivity index (χ0) is 12.4. The molecule has 1 aromatic carbocycles. The molecule has 1 aromatic heterocycles. The Morgan fingerprint density at radius 1 is 1.39 bits per heavy atom. The average Bonchev–Trinajstić information content (AvgIpc) is 3.02. The summed E-state index contributed by atoms with van der Waals surface area (Å²) in [4.78, 5) is 0. The molecule has 2 atom stereocenters. The molecular formula is C12H15N5S. The molecule has 2 aromatic rings. The molecule has 1 N–H and O–H groups in total. The van der Waals surface area contributed by atoms with Crippen molar-refractivity contribution in [1.82, 2.24) is 20.2 Å². The van der Waals surface area contributed by atoms with E-state index in [9.17, 15) is 0 Å². The molecule has 0 bridgehead atoms. The highest BCUT2D eigenvalue weighted by molar-refractivity contribution is 8.00. The summed E-state index contributed by atoms with van der Waals surface area (Å²) in [6, 6.07) is 8.65. The van der Waals surface area contributed by atoms with Crippen LogP contribution < -0.4 is 5.32 Å². The minimum Gasteiger partial charge on any atom is -0.380 e. The van der Waals surface area contributed by atoms with Gasteiger partial charge in [0.25, 0.3) is 0 Å². The fourth-order valence-electron chi connectivity index (χ4n) is 2.20. The van der Waals surface area contributed by atoms with Crippen molar-refractivity contribution in [2.75, 3.05) is 11.1 Å². The molecule has 3 rings (SSSR count). The second-order valence-corrected chi connectivity index (χ2v) is 5.96.